The predicted molar refractivity (Wildman–Crippen MR) is 89.0 cm³/mol. The van der Waals surface area contributed by atoms with Crippen LogP contribution in [-0.2, 0) is 9.53 Å². The molecule has 0 saturated carbocycles. The number of hydrogen-bond donors (Lipinski definition) is 3. The van der Waals surface area contributed by atoms with Gasteiger partial charge in [0.25, 0.3) is 5.91 Å². The molecule has 1 aliphatic heterocycles. The van der Waals surface area contributed by atoms with Crippen molar-refractivity contribution in [3.05, 3.63) is 48.4 Å². The highest BCUT2D eigenvalue weighted by Crippen LogP contribution is 2.15. The van der Waals surface area contributed by atoms with Gasteiger partial charge in [0.1, 0.15) is 0 Å². The summed E-state index contributed by atoms with van der Waals surface area (Å²) in [6.45, 7) is 2.00. The number of rotatable bonds is 5. The second-order valence-corrected chi connectivity index (χ2v) is 5.49. The van der Waals surface area contributed by atoms with Crippen molar-refractivity contribution in [2.75, 3.05) is 30.4 Å². The molecule has 126 valence electrons. The number of anilines is 2. The average molecular weight is 329 g/mol. The molecule has 1 saturated heterocycles. The molecule has 3 rings (SSSR count). The van der Waals surface area contributed by atoms with Crippen LogP contribution in [0.1, 0.15) is 17.0 Å². The molecule has 1 aromatic heterocycles. The maximum absolute atomic E-state index is 12.0. The number of morpholine rings is 1. The third-order valence-corrected chi connectivity index (χ3v) is 3.60. The van der Waals surface area contributed by atoms with E-state index in [1.807, 2.05) is 0 Å². The van der Waals surface area contributed by atoms with Crippen LogP contribution in [0.3, 0.4) is 0 Å². The molecule has 7 nitrogen and oxygen atoms in total. The number of ether oxygens (including phenoxy) is 1. The Labute approximate surface area is 139 Å². The van der Waals surface area contributed by atoms with E-state index in [1.165, 1.54) is 6.26 Å². The van der Waals surface area contributed by atoms with E-state index in [9.17, 15) is 9.59 Å². The first-order valence-electron chi connectivity index (χ1n) is 7.76. The number of hydrogen-bond acceptors (Lipinski definition) is 5. The zero-order chi connectivity index (χ0) is 16.8. The van der Waals surface area contributed by atoms with Gasteiger partial charge in [-0.2, -0.15) is 0 Å². The van der Waals surface area contributed by atoms with Gasteiger partial charge in [0.2, 0.25) is 5.91 Å². The van der Waals surface area contributed by atoms with Crippen molar-refractivity contribution in [2.45, 2.75) is 12.5 Å². The van der Waals surface area contributed by atoms with Crippen LogP contribution in [0, 0.1) is 0 Å². The summed E-state index contributed by atoms with van der Waals surface area (Å²) in [5, 5.41) is 8.79. The molecule has 0 spiro atoms. The van der Waals surface area contributed by atoms with Crippen LogP contribution in [0.15, 0.2) is 47.1 Å². The molecule has 0 radical (unpaired) electrons. The van der Waals surface area contributed by atoms with Crippen LogP contribution < -0.4 is 16.0 Å². The fourth-order valence-electron chi connectivity index (χ4n) is 2.42. The molecule has 2 amide bonds. The summed E-state index contributed by atoms with van der Waals surface area (Å²) in [6, 6.07) is 10.2. The van der Waals surface area contributed by atoms with Crippen molar-refractivity contribution < 1.29 is 18.7 Å². The standard InChI is InChI=1S/C17H19N3O4/c21-16(10-14-11-23-9-7-18-14)19-12-3-5-13(6-4-12)20-17(22)15-2-1-8-24-15/h1-6,8,14,18H,7,9-11H2,(H,19,21)(H,20,22). The highest BCUT2D eigenvalue weighted by molar-refractivity contribution is 6.02. The van der Waals surface area contributed by atoms with E-state index in [-0.39, 0.29) is 23.6 Å². The number of furan rings is 1. The second-order valence-electron chi connectivity index (χ2n) is 5.49. The zero-order valence-electron chi connectivity index (χ0n) is 13.1. The van der Waals surface area contributed by atoms with Crippen molar-refractivity contribution in [1.29, 1.82) is 0 Å². The minimum atomic E-state index is -0.319. The minimum absolute atomic E-state index is 0.0469. The number of benzene rings is 1. The Kier molecular flexibility index (Phi) is 5.25. The summed E-state index contributed by atoms with van der Waals surface area (Å²) in [6.07, 6.45) is 1.80. The van der Waals surface area contributed by atoms with E-state index in [0.717, 1.165) is 6.54 Å². The fourth-order valence-corrected chi connectivity index (χ4v) is 2.42. The van der Waals surface area contributed by atoms with E-state index in [0.29, 0.717) is 31.0 Å². The van der Waals surface area contributed by atoms with Crippen LogP contribution in [-0.4, -0.2) is 37.6 Å². The van der Waals surface area contributed by atoms with Crippen LogP contribution in [0.25, 0.3) is 0 Å². The monoisotopic (exact) mass is 329 g/mol. The Hall–Kier alpha value is -2.64. The van der Waals surface area contributed by atoms with E-state index < -0.39 is 0 Å². The molecule has 1 fully saturated rings. The lowest BCUT2D eigenvalue weighted by Crippen LogP contribution is -2.43. The Morgan fingerprint density at radius 2 is 1.88 bits per heavy atom. The van der Waals surface area contributed by atoms with E-state index in [2.05, 4.69) is 16.0 Å². The van der Waals surface area contributed by atoms with Crippen molar-refractivity contribution in [1.82, 2.24) is 5.32 Å². The normalized spacial score (nSPS) is 17.2. The minimum Gasteiger partial charge on any atom is -0.459 e. The largest absolute Gasteiger partial charge is 0.459 e. The van der Waals surface area contributed by atoms with Crippen LogP contribution >= 0.6 is 0 Å². The smallest absolute Gasteiger partial charge is 0.291 e. The van der Waals surface area contributed by atoms with Crippen molar-refractivity contribution in [3.63, 3.8) is 0 Å². The van der Waals surface area contributed by atoms with Gasteiger partial charge in [-0.3, -0.25) is 9.59 Å². The van der Waals surface area contributed by atoms with Crippen LogP contribution in [0.4, 0.5) is 11.4 Å². The first-order chi connectivity index (χ1) is 11.7. The lowest BCUT2D eigenvalue weighted by molar-refractivity contribution is -0.117. The van der Waals surface area contributed by atoms with Gasteiger partial charge in [-0.05, 0) is 36.4 Å². The molecule has 0 aliphatic carbocycles. The molecule has 7 heteroatoms. The molecule has 1 unspecified atom stereocenters. The molecule has 3 N–H and O–H groups in total. The molecule has 1 atom stereocenters. The topological polar surface area (TPSA) is 92.6 Å². The van der Waals surface area contributed by atoms with E-state index in [4.69, 9.17) is 9.15 Å². The van der Waals surface area contributed by atoms with Gasteiger partial charge in [0.05, 0.1) is 19.5 Å². The van der Waals surface area contributed by atoms with Crippen molar-refractivity contribution in [3.8, 4) is 0 Å². The molecule has 2 aromatic rings. The predicted octanol–water partition coefficient (Wildman–Crippen LogP) is 1.85. The van der Waals surface area contributed by atoms with Crippen molar-refractivity contribution >= 4 is 23.2 Å². The summed E-state index contributed by atoms with van der Waals surface area (Å²) in [7, 11) is 0. The molecule has 24 heavy (non-hydrogen) atoms. The van der Waals surface area contributed by atoms with Gasteiger partial charge in [-0.1, -0.05) is 0 Å². The summed E-state index contributed by atoms with van der Waals surface area (Å²) in [5.74, 6) is -0.153. The summed E-state index contributed by atoms with van der Waals surface area (Å²) < 4.78 is 10.4. The number of carbonyl (C=O) groups excluding carboxylic acids is 2. The number of nitrogens with one attached hydrogen (secondary N) is 3. The van der Waals surface area contributed by atoms with Crippen LogP contribution in [0.5, 0.6) is 0 Å². The molecule has 2 heterocycles. The highest BCUT2D eigenvalue weighted by atomic mass is 16.5. The van der Waals surface area contributed by atoms with Gasteiger partial charge in [-0.15, -0.1) is 0 Å². The number of carbonyl (C=O) groups is 2. The third-order valence-electron chi connectivity index (χ3n) is 3.60. The summed E-state index contributed by atoms with van der Waals surface area (Å²) in [5.41, 5.74) is 1.30. The zero-order valence-corrected chi connectivity index (χ0v) is 13.1. The second kappa shape index (κ2) is 7.76. The molecular weight excluding hydrogens is 310 g/mol. The molecule has 0 bridgehead atoms. The Balaban J connectivity index is 1.50. The summed E-state index contributed by atoms with van der Waals surface area (Å²) >= 11 is 0. The molecule has 1 aromatic carbocycles. The van der Waals surface area contributed by atoms with Crippen LogP contribution in [0.2, 0.25) is 0 Å². The summed E-state index contributed by atoms with van der Waals surface area (Å²) in [4.78, 5) is 23.9. The van der Waals surface area contributed by atoms with E-state index >= 15 is 0 Å². The van der Waals surface area contributed by atoms with Gasteiger partial charge in [0.15, 0.2) is 5.76 Å². The first kappa shape index (κ1) is 16.2. The molecule has 1 aliphatic rings. The quantitative estimate of drug-likeness (QED) is 0.778. The number of amides is 2. The van der Waals surface area contributed by atoms with Gasteiger partial charge < -0.3 is 25.1 Å². The Bertz CT molecular complexity index is 676. The van der Waals surface area contributed by atoms with Gasteiger partial charge >= 0.3 is 0 Å². The maximum Gasteiger partial charge on any atom is 0.291 e. The Morgan fingerprint density at radius 3 is 2.50 bits per heavy atom. The third kappa shape index (κ3) is 4.43. The maximum atomic E-state index is 12.0. The van der Waals surface area contributed by atoms with Gasteiger partial charge in [0, 0.05) is 30.4 Å². The lowest BCUT2D eigenvalue weighted by atomic mass is 10.2. The molecular formula is C17H19N3O4. The average Bonchev–Trinajstić information content (AvgIpc) is 3.12. The van der Waals surface area contributed by atoms with Gasteiger partial charge in [-0.25, -0.2) is 0 Å². The van der Waals surface area contributed by atoms with Crippen molar-refractivity contribution in [2.24, 2.45) is 0 Å². The SMILES string of the molecule is O=C(CC1COCCN1)Nc1ccc(NC(=O)c2ccco2)cc1. The van der Waals surface area contributed by atoms with E-state index in [1.54, 1.807) is 36.4 Å². The first-order valence-corrected chi connectivity index (χ1v) is 7.76. The lowest BCUT2D eigenvalue weighted by Gasteiger charge is -2.23. The highest BCUT2D eigenvalue weighted by Gasteiger charge is 2.17. The Morgan fingerprint density at radius 1 is 1.12 bits per heavy atom. The fraction of sp³-hybridized carbons (Fsp3) is 0.294.